The Morgan fingerprint density at radius 2 is 2.07 bits per heavy atom. The Kier molecular flexibility index (Phi) is 3.25. The molecule has 0 unspecified atom stereocenters. The molecular formula is C10H13BrFNO2. The third-order valence-electron chi connectivity index (χ3n) is 2.02. The number of hydrogen-bond donors (Lipinski definition) is 2. The molecule has 1 aromatic rings. The average molecular weight is 278 g/mol. The van der Waals surface area contributed by atoms with Gasteiger partial charge in [-0.25, -0.2) is 4.39 Å². The smallest absolute Gasteiger partial charge is 0.172 e. The number of phenolic OH excluding ortho intramolecular Hbond substituents is 1. The van der Waals surface area contributed by atoms with Crippen LogP contribution in [-0.2, 0) is 5.54 Å². The van der Waals surface area contributed by atoms with E-state index in [0.717, 1.165) is 6.07 Å². The highest BCUT2D eigenvalue weighted by atomic mass is 79.9. The van der Waals surface area contributed by atoms with Crippen LogP contribution >= 0.6 is 15.9 Å². The number of halogens is 2. The highest BCUT2D eigenvalue weighted by Crippen LogP contribution is 2.41. The van der Waals surface area contributed by atoms with Gasteiger partial charge < -0.3 is 15.6 Å². The monoisotopic (exact) mass is 277 g/mol. The zero-order valence-electron chi connectivity index (χ0n) is 8.77. The van der Waals surface area contributed by atoms with Crippen molar-refractivity contribution in [2.75, 3.05) is 7.11 Å². The Balaban J connectivity index is 3.50. The quantitative estimate of drug-likeness (QED) is 0.873. The summed E-state index contributed by atoms with van der Waals surface area (Å²) in [7, 11) is 1.36. The predicted octanol–water partition coefficient (Wildman–Crippen LogP) is 2.50. The van der Waals surface area contributed by atoms with Crippen LogP contribution in [0.1, 0.15) is 19.4 Å². The molecule has 0 spiro atoms. The maximum absolute atomic E-state index is 13.7. The number of rotatable bonds is 2. The van der Waals surface area contributed by atoms with Crippen LogP contribution in [0, 0.1) is 5.82 Å². The molecule has 0 aliphatic rings. The van der Waals surface area contributed by atoms with E-state index in [9.17, 15) is 9.50 Å². The van der Waals surface area contributed by atoms with Crippen molar-refractivity contribution in [1.29, 1.82) is 0 Å². The predicted molar refractivity (Wildman–Crippen MR) is 59.5 cm³/mol. The van der Waals surface area contributed by atoms with Gasteiger partial charge in [-0.15, -0.1) is 0 Å². The normalized spacial score (nSPS) is 11.6. The van der Waals surface area contributed by atoms with E-state index in [1.165, 1.54) is 7.11 Å². The summed E-state index contributed by atoms with van der Waals surface area (Å²) in [4.78, 5) is 0. The average Bonchev–Trinajstić information content (AvgIpc) is 2.09. The second-order valence-corrected chi connectivity index (χ2v) is 4.61. The fourth-order valence-corrected chi connectivity index (χ4v) is 2.23. The van der Waals surface area contributed by atoms with Crippen molar-refractivity contribution in [1.82, 2.24) is 0 Å². The Labute approximate surface area is 96.2 Å². The van der Waals surface area contributed by atoms with Gasteiger partial charge in [0.05, 0.1) is 11.6 Å². The van der Waals surface area contributed by atoms with E-state index in [1.807, 2.05) is 0 Å². The van der Waals surface area contributed by atoms with Crippen molar-refractivity contribution in [3.8, 4) is 11.5 Å². The largest absolute Gasteiger partial charge is 0.503 e. The summed E-state index contributed by atoms with van der Waals surface area (Å²) < 4.78 is 18.7. The van der Waals surface area contributed by atoms with Gasteiger partial charge in [-0.05, 0) is 29.8 Å². The summed E-state index contributed by atoms with van der Waals surface area (Å²) in [5.41, 5.74) is 5.14. The first-order valence-electron chi connectivity index (χ1n) is 4.33. The van der Waals surface area contributed by atoms with Gasteiger partial charge in [0.2, 0.25) is 0 Å². The van der Waals surface area contributed by atoms with Gasteiger partial charge in [0.1, 0.15) is 5.82 Å². The molecule has 0 aromatic heterocycles. The summed E-state index contributed by atoms with van der Waals surface area (Å²) in [6.07, 6.45) is 0. The number of methoxy groups -OCH3 is 1. The lowest BCUT2D eigenvalue weighted by atomic mass is 9.94. The summed E-state index contributed by atoms with van der Waals surface area (Å²) in [5, 5.41) is 9.67. The maximum Gasteiger partial charge on any atom is 0.172 e. The van der Waals surface area contributed by atoms with Gasteiger partial charge in [0.15, 0.2) is 11.5 Å². The van der Waals surface area contributed by atoms with Crippen LogP contribution in [0.5, 0.6) is 11.5 Å². The second kappa shape index (κ2) is 3.98. The van der Waals surface area contributed by atoms with Crippen LogP contribution in [0.4, 0.5) is 4.39 Å². The first-order valence-corrected chi connectivity index (χ1v) is 5.12. The number of ether oxygens (including phenoxy) is 1. The van der Waals surface area contributed by atoms with E-state index in [1.54, 1.807) is 13.8 Å². The minimum Gasteiger partial charge on any atom is -0.503 e. The van der Waals surface area contributed by atoms with E-state index in [0.29, 0.717) is 0 Å². The van der Waals surface area contributed by atoms with Gasteiger partial charge >= 0.3 is 0 Å². The topological polar surface area (TPSA) is 55.5 Å². The van der Waals surface area contributed by atoms with Gasteiger partial charge in [-0.3, -0.25) is 0 Å². The zero-order valence-corrected chi connectivity index (χ0v) is 10.4. The lowest BCUT2D eigenvalue weighted by Gasteiger charge is -2.22. The molecule has 15 heavy (non-hydrogen) atoms. The van der Waals surface area contributed by atoms with E-state index >= 15 is 0 Å². The number of aromatic hydroxyl groups is 1. The number of nitrogens with two attached hydrogens (primary N) is 1. The van der Waals surface area contributed by atoms with E-state index < -0.39 is 11.4 Å². The molecule has 5 heteroatoms. The molecule has 84 valence electrons. The van der Waals surface area contributed by atoms with E-state index in [-0.39, 0.29) is 21.5 Å². The molecular weight excluding hydrogens is 265 g/mol. The molecule has 1 aromatic carbocycles. The molecule has 0 atom stereocenters. The van der Waals surface area contributed by atoms with Crippen molar-refractivity contribution >= 4 is 15.9 Å². The molecule has 0 aliphatic carbocycles. The summed E-state index contributed by atoms with van der Waals surface area (Å²) in [6, 6.07) is 1.12. The number of benzene rings is 1. The highest BCUT2D eigenvalue weighted by Gasteiger charge is 2.26. The molecule has 0 radical (unpaired) electrons. The van der Waals surface area contributed by atoms with Crippen LogP contribution in [-0.4, -0.2) is 12.2 Å². The summed E-state index contributed by atoms with van der Waals surface area (Å²) in [5.74, 6) is -0.580. The van der Waals surface area contributed by atoms with Crippen molar-refractivity contribution in [3.63, 3.8) is 0 Å². The fourth-order valence-electron chi connectivity index (χ4n) is 1.33. The van der Waals surface area contributed by atoms with Gasteiger partial charge in [-0.1, -0.05) is 0 Å². The molecule has 0 saturated heterocycles. The van der Waals surface area contributed by atoms with Crippen molar-refractivity contribution in [2.24, 2.45) is 5.73 Å². The van der Waals surface area contributed by atoms with Crippen LogP contribution < -0.4 is 10.5 Å². The van der Waals surface area contributed by atoms with E-state index in [4.69, 9.17) is 10.5 Å². The molecule has 0 bridgehead atoms. The third-order valence-corrected chi connectivity index (χ3v) is 2.79. The summed E-state index contributed by atoms with van der Waals surface area (Å²) >= 11 is 3.11. The molecule has 0 saturated carbocycles. The lowest BCUT2D eigenvalue weighted by molar-refractivity contribution is 0.364. The molecule has 0 aliphatic heterocycles. The molecule has 0 heterocycles. The molecule has 0 fully saturated rings. The molecule has 0 amide bonds. The van der Waals surface area contributed by atoms with Crippen molar-refractivity contribution in [2.45, 2.75) is 19.4 Å². The van der Waals surface area contributed by atoms with Crippen LogP contribution in [0.2, 0.25) is 0 Å². The number of hydrogen-bond acceptors (Lipinski definition) is 3. The third kappa shape index (κ3) is 2.23. The van der Waals surface area contributed by atoms with Crippen molar-refractivity contribution in [3.05, 3.63) is 21.9 Å². The van der Waals surface area contributed by atoms with Crippen LogP contribution in [0.3, 0.4) is 0 Å². The standard InChI is InChI=1S/C10H13BrFNO2/c1-10(2,13)7-5(12)4-6(15-3)9(14)8(7)11/h4,14H,13H2,1-3H3. The van der Waals surface area contributed by atoms with Gasteiger partial charge in [0.25, 0.3) is 0 Å². The van der Waals surface area contributed by atoms with Gasteiger partial charge in [-0.2, -0.15) is 0 Å². The minimum atomic E-state index is -0.882. The Morgan fingerprint density at radius 1 is 1.53 bits per heavy atom. The second-order valence-electron chi connectivity index (χ2n) is 3.82. The van der Waals surface area contributed by atoms with E-state index in [2.05, 4.69) is 15.9 Å². The van der Waals surface area contributed by atoms with Crippen LogP contribution in [0.15, 0.2) is 10.5 Å². The SMILES string of the molecule is COc1cc(F)c(C(C)(C)N)c(Br)c1O. The maximum atomic E-state index is 13.7. The van der Waals surface area contributed by atoms with Crippen molar-refractivity contribution < 1.29 is 14.2 Å². The minimum absolute atomic E-state index is 0.0763. The fraction of sp³-hybridized carbons (Fsp3) is 0.400. The van der Waals surface area contributed by atoms with Gasteiger partial charge in [0, 0.05) is 17.2 Å². The number of phenols is 1. The molecule has 3 nitrogen and oxygen atoms in total. The Morgan fingerprint density at radius 3 is 2.47 bits per heavy atom. The lowest BCUT2D eigenvalue weighted by Crippen LogP contribution is -2.30. The molecule has 1 rings (SSSR count). The molecule has 3 N–H and O–H groups in total. The Hall–Kier alpha value is -0.810. The first kappa shape index (κ1) is 12.3. The summed E-state index contributed by atoms with van der Waals surface area (Å²) in [6.45, 7) is 3.31. The van der Waals surface area contributed by atoms with Crippen LogP contribution in [0.25, 0.3) is 0 Å². The zero-order chi connectivity index (χ0) is 11.8. The highest BCUT2D eigenvalue weighted by molar-refractivity contribution is 9.10. The Bertz CT molecular complexity index is 388. The first-order chi connectivity index (χ1) is 6.79.